The molecule has 5 nitrogen and oxygen atoms in total. The van der Waals surface area contributed by atoms with Crippen molar-refractivity contribution in [2.75, 3.05) is 34.4 Å². The Balaban J connectivity index is 2.50. The molecule has 1 aromatic rings. The summed E-state index contributed by atoms with van der Waals surface area (Å²) in [4.78, 5) is 4.21. The van der Waals surface area contributed by atoms with Gasteiger partial charge in [-0.15, -0.1) is 0 Å². The fourth-order valence-electron chi connectivity index (χ4n) is 2.14. The average Bonchev–Trinajstić information content (AvgIpc) is 2.46. The standard InChI is InChI=1S/C16H27N3O2/c1-12-6-7-15(21-5)14(10-12)8-9-18-16(17-3)19-13(2)11-20-4/h6-7,10,13H,8-9,11H2,1-5H3,(H2,17,18,19). The number of benzene rings is 1. The number of hydrogen-bond donors (Lipinski definition) is 2. The predicted molar refractivity (Wildman–Crippen MR) is 87.3 cm³/mol. The second-order valence-corrected chi connectivity index (χ2v) is 5.07. The summed E-state index contributed by atoms with van der Waals surface area (Å²) in [5.41, 5.74) is 2.44. The van der Waals surface area contributed by atoms with E-state index >= 15 is 0 Å². The lowest BCUT2D eigenvalue weighted by molar-refractivity contribution is 0.179. The summed E-state index contributed by atoms with van der Waals surface area (Å²) >= 11 is 0. The van der Waals surface area contributed by atoms with E-state index in [9.17, 15) is 0 Å². The van der Waals surface area contributed by atoms with E-state index in [1.165, 1.54) is 11.1 Å². The monoisotopic (exact) mass is 293 g/mol. The number of methoxy groups -OCH3 is 2. The molecule has 118 valence electrons. The maximum atomic E-state index is 5.39. The zero-order chi connectivity index (χ0) is 15.7. The van der Waals surface area contributed by atoms with Crippen molar-refractivity contribution >= 4 is 5.96 Å². The molecule has 0 amide bonds. The van der Waals surface area contributed by atoms with Crippen LogP contribution in [0.4, 0.5) is 0 Å². The van der Waals surface area contributed by atoms with Crippen molar-refractivity contribution in [2.24, 2.45) is 4.99 Å². The Bertz CT molecular complexity index is 461. The van der Waals surface area contributed by atoms with Crippen molar-refractivity contribution in [1.29, 1.82) is 0 Å². The van der Waals surface area contributed by atoms with Crippen molar-refractivity contribution < 1.29 is 9.47 Å². The van der Waals surface area contributed by atoms with Crippen molar-refractivity contribution in [3.8, 4) is 5.75 Å². The molecule has 0 spiro atoms. The van der Waals surface area contributed by atoms with Crippen LogP contribution in [0.15, 0.2) is 23.2 Å². The SMILES string of the molecule is CN=C(NCCc1cc(C)ccc1OC)NC(C)COC. The van der Waals surface area contributed by atoms with Crippen molar-refractivity contribution in [3.63, 3.8) is 0 Å². The highest BCUT2D eigenvalue weighted by Crippen LogP contribution is 2.19. The predicted octanol–water partition coefficient (Wildman–Crippen LogP) is 1.75. The first kappa shape index (κ1) is 17.3. The zero-order valence-corrected chi connectivity index (χ0v) is 13.7. The van der Waals surface area contributed by atoms with Crippen molar-refractivity contribution in [3.05, 3.63) is 29.3 Å². The van der Waals surface area contributed by atoms with Crippen LogP contribution in [0.3, 0.4) is 0 Å². The summed E-state index contributed by atoms with van der Waals surface area (Å²) in [7, 11) is 5.16. The van der Waals surface area contributed by atoms with Gasteiger partial charge < -0.3 is 20.1 Å². The van der Waals surface area contributed by atoms with Crippen LogP contribution >= 0.6 is 0 Å². The molecule has 5 heteroatoms. The summed E-state index contributed by atoms with van der Waals surface area (Å²) in [5, 5.41) is 6.58. The van der Waals surface area contributed by atoms with Crippen LogP contribution in [0, 0.1) is 6.92 Å². The molecule has 0 fully saturated rings. The largest absolute Gasteiger partial charge is 0.496 e. The number of hydrogen-bond acceptors (Lipinski definition) is 3. The van der Waals surface area contributed by atoms with Crippen LogP contribution in [0.1, 0.15) is 18.1 Å². The van der Waals surface area contributed by atoms with Crippen LogP contribution in [0.25, 0.3) is 0 Å². The van der Waals surface area contributed by atoms with Gasteiger partial charge in [0.05, 0.1) is 13.7 Å². The number of ether oxygens (including phenoxy) is 2. The first-order chi connectivity index (χ1) is 10.1. The molecular weight excluding hydrogens is 266 g/mol. The van der Waals surface area contributed by atoms with Gasteiger partial charge >= 0.3 is 0 Å². The van der Waals surface area contributed by atoms with Gasteiger partial charge in [-0.2, -0.15) is 0 Å². The molecule has 0 aromatic heterocycles. The highest BCUT2D eigenvalue weighted by atomic mass is 16.5. The van der Waals surface area contributed by atoms with Gasteiger partial charge in [0.15, 0.2) is 5.96 Å². The van der Waals surface area contributed by atoms with Gasteiger partial charge in [0.1, 0.15) is 5.75 Å². The minimum absolute atomic E-state index is 0.217. The number of aryl methyl sites for hydroxylation is 1. The second kappa shape index (κ2) is 9.23. The van der Waals surface area contributed by atoms with E-state index in [0.29, 0.717) is 6.61 Å². The summed E-state index contributed by atoms with van der Waals surface area (Å²) in [6, 6.07) is 6.44. The molecule has 0 saturated heterocycles. The molecule has 0 aliphatic rings. The number of rotatable bonds is 7. The topological polar surface area (TPSA) is 54.9 Å². The van der Waals surface area contributed by atoms with Gasteiger partial charge in [-0.1, -0.05) is 17.7 Å². The minimum Gasteiger partial charge on any atom is -0.496 e. The molecule has 0 radical (unpaired) electrons. The van der Waals surface area contributed by atoms with Crippen molar-refractivity contribution in [1.82, 2.24) is 10.6 Å². The van der Waals surface area contributed by atoms with E-state index in [4.69, 9.17) is 9.47 Å². The fourth-order valence-corrected chi connectivity index (χ4v) is 2.14. The Morgan fingerprint density at radius 3 is 2.71 bits per heavy atom. The molecule has 0 saturated carbocycles. The molecule has 1 atom stereocenters. The molecule has 21 heavy (non-hydrogen) atoms. The molecule has 0 aliphatic carbocycles. The van der Waals surface area contributed by atoms with Gasteiger partial charge in [-0.3, -0.25) is 4.99 Å². The summed E-state index contributed by atoms with van der Waals surface area (Å²) in [6.45, 7) is 5.58. The Morgan fingerprint density at radius 1 is 1.33 bits per heavy atom. The average molecular weight is 293 g/mol. The highest BCUT2D eigenvalue weighted by Gasteiger charge is 2.06. The molecule has 1 unspecified atom stereocenters. The third-order valence-electron chi connectivity index (χ3n) is 3.15. The first-order valence-electron chi connectivity index (χ1n) is 7.20. The van der Waals surface area contributed by atoms with E-state index in [0.717, 1.165) is 24.7 Å². The lowest BCUT2D eigenvalue weighted by atomic mass is 10.1. The zero-order valence-electron chi connectivity index (χ0n) is 13.7. The first-order valence-corrected chi connectivity index (χ1v) is 7.20. The summed E-state index contributed by atoms with van der Waals surface area (Å²) < 4.78 is 10.5. The maximum absolute atomic E-state index is 5.39. The Morgan fingerprint density at radius 2 is 2.10 bits per heavy atom. The summed E-state index contributed by atoms with van der Waals surface area (Å²) in [6.07, 6.45) is 0.879. The van der Waals surface area contributed by atoms with Gasteiger partial charge in [0.25, 0.3) is 0 Å². The number of aliphatic imine (C=N–C) groups is 1. The Labute approximate surface area is 127 Å². The molecule has 0 heterocycles. The quantitative estimate of drug-likeness (QED) is 0.594. The normalized spacial score (nSPS) is 12.9. The number of nitrogens with zero attached hydrogens (tertiary/aromatic N) is 1. The third-order valence-corrected chi connectivity index (χ3v) is 3.15. The van der Waals surface area contributed by atoms with E-state index in [1.807, 2.05) is 6.07 Å². The van der Waals surface area contributed by atoms with E-state index < -0.39 is 0 Å². The van der Waals surface area contributed by atoms with Crippen LogP contribution < -0.4 is 15.4 Å². The van der Waals surface area contributed by atoms with Gasteiger partial charge in [-0.25, -0.2) is 0 Å². The maximum Gasteiger partial charge on any atom is 0.191 e. The van der Waals surface area contributed by atoms with Crippen LogP contribution in [0.2, 0.25) is 0 Å². The van der Waals surface area contributed by atoms with E-state index in [-0.39, 0.29) is 6.04 Å². The van der Waals surface area contributed by atoms with Crippen LogP contribution in [0.5, 0.6) is 5.75 Å². The van der Waals surface area contributed by atoms with E-state index in [1.54, 1.807) is 21.3 Å². The molecule has 0 aliphatic heterocycles. The highest BCUT2D eigenvalue weighted by molar-refractivity contribution is 5.79. The lowest BCUT2D eigenvalue weighted by Gasteiger charge is -2.17. The molecule has 1 rings (SSSR count). The molecule has 1 aromatic carbocycles. The minimum atomic E-state index is 0.217. The van der Waals surface area contributed by atoms with Crippen molar-refractivity contribution in [2.45, 2.75) is 26.3 Å². The van der Waals surface area contributed by atoms with Crippen LogP contribution in [-0.2, 0) is 11.2 Å². The van der Waals surface area contributed by atoms with Gasteiger partial charge in [0.2, 0.25) is 0 Å². The molecule has 0 bridgehead atoms. The van der Waals surface area contributed by atoms with E-state index in [2.05, 4.69) is 41.6 Å². The van der Waals surface area contributed by atoms with Gasteiger partial charge in [-0.05, 0) is 31.9 Å². The second-order valence-electron chi connectivity index (χ2n) is 5.07. The Kier molecular flexibility index (Phi) is 7.61. The Hall–Kier alpha value is -1.75. The molecular formula is C16H27N3O2. The fraction of sp³-hybridized carbons (Fsp3) is 0.562. The smallest absolute Gasteiger partial charge is 0.191 e. The number of guanidine groups is 1. The molecule has 2 N–H and O–H groups in total. The lowest BCUT2D eigenvalue weighted by Crippen LogP contribution is -2.44. The third kappa shape index (κ3) is 6.04. The summed E-state index contributed by atoms with van der Waals surface area (Å²) in [5.74, 6) is 1.71. The van der Waals surface area contributed by atoms with Crippen LogP contribution in [-0.4, -0.2) is 46.4 Å². The van der Waals surface area contributed by atoms with Gasteiger partial charge in [0, 0.05) is 26.7 Å². The number of nitrogens with one attached hydrogen (secondary N) is 2.